The number of rotatable bonds is 13. The summed E-state index contributed by atoms with van der Waals surface area (Å²) in [5.74, 6) is -2.73. The highest BCUT2D eigenvalue weighted by Crippen LogP contribution is 2.12. The number of aliphatic imine (C=N–C) groups is 1. The number of H-pyrrole nitrogens is 1. The van der Waals surface area contributed by atoms with E-state index in [2.05, 4.69) is 37.6 Å². The Hall–Kier alpha value is -4.42. The molecule has 182 valence electrons. The molecule has 0 fully saturated rings. The fraction of sp³-hybridized carbons (Fsp3) is 0.333. The Labute approximate surface area is 194 Å². The van der Waals surface area contributed by atoms with Crippen LogP contribution in [0.5, 0.6) is 0 Å². The van der Waals surface area contributed by atoms with Crippen molar-refractivity contribution in [1.29, 1.82) is 0 Å². The van der Waals surface area contributed by atoms with E-state index in [1.165, 1.54) is 12.1 Å². The van der Waals surface area contributed by atoms with Gasteiger partial charge in [-0.05, 0) is 44.3 Å². The highest BCUT2D eigenvalue weighted by atomic mass is 16.4. The van der Waals surface area contributed by atoms with Gasteiger partial charge in [0.15, 0.2) is 0 Å². The summed E-state index contributed by atoms with van der Waals surface area (Å²) in [6, 6.07) is 4.71. The van der Waals surface area contributed by atoms with Crippen LogP contribution in [0.1, 0.15) is 28.8 Å². The topological polar surface area (TPSA) is 212 Å². The second-order valence-corrected chi connectivity index (χ2v) is 7.40. The molecule has 0 unspecified atom stereocenters. The van der Waals surface area contributed by atoms with Gasteiger partial charge in [-0.25, -0.2) is 4.79 Å². The SMILES string of the molecule is C=N[C@@H](CNc1ccc(C(=O)N[C@@H](CCC(=O)O)C(=O)O)cc1)CNc1nc(N)[nH]c(=O)c1C. The molecule has 0 radical (unpaired) electrons. The van der Waals surface area contributed by atoms with Gasteiger partial charge in [0, 0.05) is 30.8 Å². The minimum atomic E-state index is -1.31. The number of aromatic amines is 1. The number of hydrogen-bond acceptors (Lipinski definition) is 9. The Balaban J connectivity index is 1.91. The molecule has 34 heavy (non-hydrogen) atoms. The van der Waals surface area contributed by atoms with Gasteiger partial charge in [0.25, 0.3) is 11.5 Å². The zero-order chi connectivity index (χ0) is 25.3. The highest BCUT2D eigenvalue weighted by Gasteiger charge is 2.21. The van der Waals surface area contributed by atoms with Crippen LogP contribution >= 0.6 is 0 Å². The summed E-state index contributed by atoms with van der Waals surface area (Å²) in [4.78, 5) is 56.5. The van der Waals surface area contributed by atoms with Gasteiger partial charge in [-0.3, -0.25) is 24.4 Å². The minimum Gasteiger partial charge on any atom is -0.481 e. The lowest BCUT2D eigenvalue weighted by molar-refractivity contribution is -0.140. The van der Waals surface area contributed by atoms with Crippen LogP contribution < -0.4 is 27.2 Å². The van der Waals surface area contributed by atoms with E-state index in [1.54, 1.807) is 19.1 Å². The van der Waals surface area contributed by atoms with Crippen LogP contribution in [-0.4, -0.2) is 69.9 Å². The number of amides is 1. The summed E-state index contributed by atoms with van der Waals surface area (Å²) in [6.45, 7) is 5.90. The van der Waals surface area contributed by atoms with Crippen molar-refractivity contribution >= 4 is 42.0 Å². The van der Waals surface area contributed by atoms with Crippen LogP contribution in [0.25, 0.3) is 0 Å². The molecule has 0 aliphatic carbocycles. The Morgan fingerprint density at radius 3 is 2.41 bits per heavy atom. The number of aromatic nitrogens is 2. The number of nitrogens with two attached hydrogens (primary N) is 1. The number of nitrogens with one attached hydrogen (secondary N) is 4. The molecule has 0 saturated carbocycles. The molecule has 0 aliphatic heterocycles. The number of benzene rings is 1. The highest BCUT2D eigenvalue weighted by molar-refractivity contribution is 5.96. The molecular weight excluding hydrogens is 446 g/mol. The van der Waals surface area contributed by atoms with Crippen LogP contribution in [0.3, 0.4) is 0 Å². The molecule has 2 atom stereocenters. The van der Waals surface area contributed by atoms with Gasteiger partial charge in [-0.15, -0.1) is 0 Å². The molecule has 0 spiro atoms. The Bertz CT molecular complexity index is 1100. The van der Waals surface area contributed by atoms with Crippen molar-refractivity contribution in [3.05, 3.63) is 45.7 Å². The molecule has 0 aliphatic rings. The molecule has 13 heteroatoms. The maximum Gasteiger partial charge on any atom is 0.326 e. The lowest BCUT2D eigenvalue weighted by Gasteiger charge is -2.16. The zero-order valence-corrected chi connectivity index (χ0v) is 18.5. The Kier molecular flexibility index (Phi) is 9.11. The summed E-state index contributed by atoms with van der Waals surface area (Å²) in [5.41, 5.74) is 6.53. The number of nitrogen functional groups attached to an aromatic ring is 1. The average Bonchev–Trinajstić information content (AvgIpc) is 2.79. The Morgan fingerprint density at radius 1 is 1.18 bits per heavy atom. The van der Waals surface area contributed by atoms with Crippen molar-refractivity contribution in [2.75, 3.05) is 29.5 Å². The number of aliphatic carboxylic acids is 2. The average molecular weight is 473 g/mol. The monoisotopic (exact) mass is 473 g/mol. The van der Waals surface area contributed by atoms with Crippen molar-refractivity contribution in [1.82, 2.24) is 15.3 Å². The van der Waals surface area contributed by atoms with E-state index in [9.17, 15) is 19.2 Å². The number of nitrogens with zero attached hydrogens (tertiary/aromatic N) is 2. The van der Waals surface area contributed by atoms with Crippen LogP contribution in [0.2, 0.25) is 0 Å². The normalized spacial score (nSPS) is 12.3. The summed E-state index contributed by atoms with van der Waals surface area (Å²) >= 11 is 0. The molecule has 1 amide bonds. The van der Waals surface area contributed by atoms with E-state index < -0.39 is 23.9 Å². The van der Waals surface area contributed by atoms with Crippen molar-refractivity contribution in [3.8, 4) is 0 Å². The molecule has 2 aromatic rings. The van der Waals surface area contributed by atoms with Crippen molar-refractivity contribution < 1.29 is 24.6 Å². The van der Waals surface area contributed by atoms with Gasteiger partial charge in [0.1, 0.15) is 11.9 Å². The first kappa shape index (κ1) is 25.8. The smallest absolute Gasteiger partial charge is 0.326 e. The predicted molar refractivity (Wildman–Crippen MR) is 127 cm³/mol. The van der Waals surface area contributed by atoms with Gasteiger partial charge < -0.3 is 31.9 Å². The second-order valence-electron chi connectivity index (χ2n) is 7.40. The van der Waals surface area contributed by atoms with Gasteiger partial charge in [-0.1, -0.05) is 0 Å². The lowest BCUT2D eigenvalue weighted by atomic mass is 10.1. The second kappa shape index (κ2) is 12.0. The van der Waals surface area contributed by atoms with Gasteiger partial charge in [-0.2, -0.15) is 4.98 Å². The fourth-order valence-electron chi connectivity index (χ4n) is 2.88. The van der Waals surface area contributed by atoms with Crippen molar-refractivity contribution in [2.45, 2.75) is 31.8 Å². The van der Waals surface area contributed by atoms with Crippen molar-refractivity contribution in [3.63, 3.8) is 0 Å². The summed E-state index contributed by atoms with van der Waals surface area (Å²) in [6.07, 6.45) is -0.601. The number of carbonyl (C=O) groups excluding carboxylic acids is 1. The van der Waals surface area contributed by atoms with Crippen LogP contribution in [0.4, 0.5) is 17.5 Å². The first-order valence-electron chi connectivity index (χ1n) is 10.3. The molecular formula is C21H27N7O6. The Morgan fingerprint density at radius 2 is 1.82 bits per heavy atom. The zero-order valence-electron chi connectivity index (χ0n) is 18.5. The van der Waals surface area contributed by atoms with E-state index in [0.717, 1.165) is 0 Å². The number of anilines is 3. The maximum absolute atomic E-state index is 12.3. The predicted octanol–water partition coefficient (Wildman–Crippen LogP) is 0.302. The van der Waals surface area contributed by atoms with E-state index in [1.807, 2.05) is 0 Å². The standard InChI is InChI=1S/C21H27N7O6/c1-11-17(27-21(22)28-18(11)31)25-10-14(23-2)9-24-13-5-3-12(4-6-13)19(32)26-15(20(33)34)7-8-16(29)30/h3-6,14-15,24H,2,7-10H2,1H3,(H,26,32)(H,29,30)(H,33,34)(H4,22,25,27,28,31)/t14-,15-/m0/s1. The van der Waals surface area contributed by atoms with Gasteiger partial charge in [0.2, 0.25) is 5.95 Å². The molecule has 0 bridgehead atoms. The van der Waals surface area contributed by atoms with E-state index in [-0.39, 0.29) is 36.0 Å². The number of carboxylic acids is 2. The molecule has 13 nitrogen and oxygen atoms in total. The fourth-order valence-corrected chi connectivity index (χ4v) is 2.88. The third-order valence-corrected chi connectivity index (χ3v) is 4.87. The van der Waals surface area contributed by atoms with E-state index in [0.29, 0.717) is 30.2 Å². The number of hydrogen-bond donors (Lipinski definition) is 7. The summed E-state index contributed by atoms with van der Waals surface area (Å²) in [7, 11) is 0. The summed E-state index contributed by atoms with van der Waals surface area (Å²) < 4.78 is 0. The van der Waals surface area contributed by atoms with Crippen molar-refractivity contribution in [2.24, 2.45) is 4.99 Å². The molecule has 1 aromatic heterocycles. The maximum atomic E-state index is 12.3. The molecule has 0 saturated heterocycles. The third-order valence-electron chi connectivity index (χ3n) is 4.87. The minimum absolute atomic E-state index is 0.0000231. The van der Waals surface area contributed by atoms with Gasteiger partial charge in [0.05, 0.1) is 11.6 Å². The molecule has 2 rings (SSSR count). The summed E-state index contributed by atoms with van der Waals surface area (Å²) in [5, 5.41) is 26.4. The number of carboxylic acid groups (broad SMARTS) is 2. The van der Waals surface area contributed by atoms with E-state index in [4.69, 9.17) is 15.9 Å². The largest absolute Gasteiger partial charge is 0.481 e. The molecule has 1 heterocycles. The lowest BCUT2D eigenvalue weighted by Crippen LogP contribution is -2.41. The quantitative estimate of drug-likeness (QED) is 0.198. The van der Waals surface area contributed by atoms with Crippen LogP contribution in [0.15, 0.2) is 34.1 Å². The first-order valence-corrected chi connectivity index (χ1v) is 10.3. The van der Waals surface area contributed by atoms with Crippen LogP contribution in [-0.2, 0) is 9.59 Å². The van der Waals surface area contributed by atoms with Gasteiger partial charge >= 0.3 is 11.9 Å². The van der Waals surface area contributed by atoms with Crippen LogP contribution in [0, 0.1) is 6.92 Å². The number of carbonyl (C=O) groups is 3. The molecule has 8 N–H and O–H groups in total. The third kappa shape index (κ3) is 7.62. The molecule has 1 aromatic carbocycles. The first-order chi connectivity index (χ1) is 16.1. The van der Waals surface area contributed by atoms with E-state index >= 15 is 0 Å².